The lowest BCUT2D eigenvalue weighted by Gasteiger charge is -2.12. The van der Waals surface area contributed by atoms with Crippen LogP contribution in [0.2, 0.25) is 0 Å². The van der Waals surface area contributed by atoms with Gasteiger partial charge < -0.3 is 0 Å². The van der Waals surface area contributed by atoms with E-state index in [1.165, 1.54) is 18.1 Å². The smallest absolute Gasteiger partial charge is 0.292 e. The molecule has 1 N–H and O–H groups in total. The lowest BCUT2D eigenvalue weighted by atomic mass is 10.2. The second-order valence-corrected chi connectivity index (χ2v) is 5.00. The maximum absolute atomic E-state index is 11.6. The number of aromatic nitrogens is 2. The van der Waals surface area contributed by atoms with E-state index < -0.39 is 5.69 Å². The molecule has 0 fully saturated rings. The summed E-state index contributed by atoms with van der Waals surface area (Å²) < 4.78 is 1.91. The first-order valence-corrected chi connectivity index (χ1v) is 6.61. The summed E-state index contributed by atoms with van der Waals surface area (Å²) in [6.07, 6.45) is 1.64. The van der Waals surface area contributed by atoms with Crippen molar-refractivity contribution in [2.75, 3.05) is 12.1 Å². The summed E-state index contributed by atoms with van der Waals surface area (Å²) in [7, 11) is 3.06. The molecule has 0 bridgehead atoms. The van der Waals surface area contributed by atoms with E-state index in [9.17, 15) is 9.59 Å². The van der Waals surface area contributed by atoms with Gasteiger partial charge in [-0.3, -0.25) is 19.4 Å². The number of nitrogens with zero attached hydrogens (tertiary/aromatic N) is 3. The predicted molar refractivity (Wildman–Crippen MR) is 82.4 cm³/mol. The van der Waals surface area contributed by atoms with E-state index in [0.717, 1.165) is 14.6 Å². The van der Waals surface area contributed by atoms with Crippen LogP contribution >= 0.6 is 15.9 Å². The fourth-order valence-electron chi connectivity index (χ4n) is 1.51. The van der Waals surface area contributed by atoms with Gasteiger partial charge in [-0.2, -0.15) is 5.10 Å². The number of halogens is 1. The number of rotatable bonds is 3. The number of anilines is 1. The molecule has 104 valence electrons. The standard InChI is InChI=1S/C13H13BrN4O2/c1-17-12(19)7-11(16-13(17)20)18(2)15-8-9-5-3-4-6-10(9)14/h3-8H,1-2H3,(H,16,20). The van der Waals surface area contributed by atoms with Gasteiger partial charge in [-0.25, -0.2) is 4.79 Å². The van der Waals surface area contributed by atoms with Crippen LogP contribution in [0.3, 0.4) is 0 Å². The minimum atomic E-state index is -0.476. The molecule has 0 saturated carbocycles. The van der Waals surface area contributed by atoms with Crippen molar-refractivity contribution < 1.29 is 0 Å². The van der Waals surface area contributed by atoms with Crippen molar-refractivity contribution in [2.24, 2.45) is 12.1 Å². The van der Waals surface area contributed by atoms with E-state index in [1.54, 1.807) is 13.3 Å². The molecule has 0 amide bonds. The third kappa shape index (κ3) is 3.05. The first kappa shape index (κ1) is 14.3. The molecule has 1 aromatic carbocycles. The van der Waals surface area contributed by atoms with Gasteiger partial charge in [0.15, 0.2) is 0 Å². The SMILES string of the molecule is CN(N=Cc1ccccc1Br)c1cc(=O)n(C)c(=O)[nH]1. The quantitative estimate of drug-likeness (QED) is 0.678. The van der Waals surface area contributed by atoms with Gasteiger partial charge in [-0.05, 0) is 6.07 Å². The van der Waals surface area contributed by atoms with Crippen LogP contribution in [0.5, 0.6) is 0 Å². The average Bonchev–Trinajstić information content (AvgIpc) is 2.43. The van der Waals surface area contributed by atoms with Crippen molar-refractivity contribution in [2.45, 2.75) is 0 Å². The highest BCUT2D eigenvalue weighted by Crippen LogP contribution is 2.14. The lowest BCUT2D eigenvalue weighted by Crippen LogP contribution is -2.33. The van der Waals surface area contributed by atoms with Crippen molar-refractivity contribution in [1.82, 2.24) is 9.55 Å². The molecule has 20 heavy (non-hydrogen) atoms. The summed E-state index contributed by atoms with van der Waals surface area (Å²) >= 11 is 3.41. The molecule has 2 rings (SSSR count). The summed E-state index contributed by atoms with van der Waals surface area (Å²) in [5, 5.41) is 5.63. The number of aromatic amines is 1. The summed E-state index contributed by atoms with van der Waals surface area (Å²) in [6, 6.07) is 8.92. The Morgan fingerprint density at radius 3 is 2.70 bits per heavy atom. The zero-order valence-electron chi connectivity index (χ0n) is 11.0. The summed E-state index contributed by atoms with van der Waals surface area (Å²) in [4.78, 5) is 25.6. The maximum atomic E-state index is 11.6. The normalized spacial score (nSPS) is 10.9. The van der Waals surface area contributed by atoms with Crippen LogP contribution in [-0.2, 0) is 7.05 Å². The Labute approximate surface area is 123 Å². The average molecular weight is 337 g/mol. The van der Waals surface area contributed by atoms with Crippen molar-refractivity contribution in [3.63, 3.8) is 0 Å². The highest BCUT2D eigenvalue weighted by atomic mass is 79.9. The van der Waals surface area contributed by atoms with Gasteiger partial charge in [-0.15, -0.1) is 0 Å². The molecule has 0 aliphatic carbocycles. The maximum Gasteiger partial charge on any atom is 0.329 e. The molecule has 6 nitrogen and oxygen atoms in total. The summed E-state index contributed by atoms with van der Waals surface area (Å²) in [5.41, 5.74) is 0.0349. The molecule has 1 aromatic heterocycles. The van der Waals surface area contributed by atoms with Crippen LogP contribution in [-0.4, -0.2) is 22.8 Å². The summed E-state index contributed by atoms with van der Waals surface area (Å²) in [6.45, 7) is 0. The topological polar surface area (TPSA) is 70.5 Å². The van der Waals surface area contributed by atoms with Crippen LogP contribution in [0.1, 0.15) is 5.56 Å². The van der Waals surface area contributed by atoms with Gasteiger partial charge in [0.25, 0.3) is 5.56 Å². The predicted octanol–water partition coefficient (Wildman–Crippen LogP) is 1.31. The van der Waals surface area contributed by atoms with E-state index in [0.29, 0.717) is 5.82 Å². The molecule has 0 aliphatic rings. The molecule has 1 heterocycles. The molecule has 0 atom stereocenters. The number of hydrogen-bond acceptors (Lipinski definition) is 4. The van der Waals surface area contributed by atoms with Crippen LogP contribution in [0.15, 0.2) is 49.5 Å². The van der Waals surface area contributed by atoms with Crippen molar-refractivity contribution in [3.8, 4) is 0 Å². The molecule has 0 aliphatic heterocycles. The minimum absolute atomic E-state index is 0.335. The fourth-order valence-corrected chi connectivity index (χ4v) is 1.90. The Bertz CT molecular complexity index is 732. The molecular weight excluding hydrogens is 324 g/mol. The largest absolute Gasteiger partial charge is 0.329 e. The monoisotopic (exact) mass is 336 g/mol. The van der Waals surface area contributed by atoms with Crippen LogP contribution in [0.25, 0.3) is 0 Å². The Morgan fingerprint density at radius 1 is 1.35 bits per heavy atom. The molecule has 0 spiro atoms. The van der Waals surface area contributed by atoms with E-state index in [1.807, 2.05) is 24.3 Å². The third-order valence-corrected chi connectivity index (χ3v) is 3.48. The third-order valence-electron chi connectivity index (χ3n) is 2.75. The van der Waals surface area contributed by atoms with Gasteiger partial charge in [0.1, 0.15) is 5.82 Å². The number of nitrogens with one attached hydrogen (secondary N) is 1. The minimum Gasteiger partial charge on any atom is -0.292 e. The first-order chi connectivity index (χ1) is 9.49. The molecular formula is C13H13BrN4O2. The van der Waals surface area contributed by atoms with E-state index in [4.69, 9.17) is 0 Å². The molecule has 7 heteroatoms. The Morgan fingerprint density at radius 2 is 2.05 bits per heavy atom. The highest BCUT2D eigenvalue weighted by Gasteiger charge is 2.04. The van der Waals surface area contributed by atoms with Crippen molar-refractivity contribution in [3.05, 3.63) is 61.2 Å². The number of hydrogen-bond donors (Lipinski definition) is 1. The van der Waals surface area contributed by atoms with Gasteiger partial charge in [0, 0.05) is 30.2 Å². The highest BCUT2D eigenvalue weighted by molar-refractivity contribution is 9.10. The molecule has 0 saturated heterocycles. The van der Waals surface area contributed by atoms with E-state index in [-0.39, 0.29) is 5.56 Å². The zero-order chi connectivity index (χ0) is 14.7. The van der Waals surface area contributed by atoms with Crippen molar-refractivity contribution >= 4 is 28.0 Å². The Balaban J connectivity index is 2.29. The molecule has 0 radical (unpaired) electrons. The molecule has 2 aromatic rings. The first-order valence-electron chi connectivity index (χ1n) is 5.81. The Kier molecular flexibility index (Phi) is 4.19. The molecule has 0 unspecified atom stereocenters. The van der Waals surface area contributed by atoms with E-state index in [2.05, 4.69) is 26.0 Å². The zero-order valence-corrected chi connectivity index (χ0v) is 12.6. The van der Waals surface area contributed by atoms with Crippen LogP contribution < -0.4 is 16.3 Å². The number of hydrazone groups is 1. The van der Waals surface area contributed by atoms with Crippen LogP contribution in [0.4, 0.5) is 5.82 Å². The van der Waals surface area contributed by atoms with Gasteiger partial charge in [-0.1, -0.05) is 34.1 Å². The lowest BCUT2D eigenvalue weighted by molar-refractivity contribution is 0.766. The van der Waals surface area contributed by atoms with Crippen LogP contribution in [0, 0.1) is 0 Å². The Hall–Kier alpha value is -2.15. The summed E-state index contributed by atoms with van der Waals surface area (Å²) in [5.74, 6) is 0.335. The van der Waals surface area contributed by atoms with Gasteiger partial charge in [0.2, 0.25) is 0 Å². The second kappa shape index (κ2) is 5.87. The van der Waals surface area contributed by atoms with Gasteiger partial charge >= 0.3 is 5.69 Å². The number of H-pyrrole nitrogens is 1. The number of benzene rings is 1. The second-order valence-electron chi connectivity index (χ2n) is 4.15. The van der Waals surface area contributed by atoms with Crippen molar-refractivity contribution in [1.29, 1.82) is 0 Å². The fraction of sp³-hybridized carbons (Fsp3) is 0.154. The van der Waals surface area contributed by atoms with Gasteiger partial charge in [0.05, 0.1) is 6.21 Å². The van der Waals surface area contributed by atoms with E-state index >= 15 is 0 Å².